The van der Waals surface area contributed by atoms with Crippen LogP contribution in [-0.4, -0.2) is 39.4 Å². The van der Waals surface area contributed by atoms with Gasteiger partial charge in [0, 0.05) is 6.07 Å². The van der Waals surface area contributed by atoms with Crippen LogP contribution in [0, 0.1) is 18.8 Å². The van der Waals surface area contributed by atoms with E-state index in [0.29, 0.717) is 22.6 Å². The smallest absolute Gasteiger partial charge is 0.262 e. The number of sulfonamides is 1. The molecule has 2 aliphatic rings. The van der Waals surface area contributed by atoms with Gasteiger partial charge < -0.3 is 9.47 Å². The summed E-state index contributed by atoms with van der Waals surface area (Å²) in [4.78, 5) is 27.0. The number of imide groups is 1. The third-order valence-electron chi connectivity index (χ3n) is 6.47. The predicted molar refractivity (Wildman–Crippen MR) is 123 cm³/mol. The number of likely N-dealkylation sites (tertiary alicyclic amines) is 1. The summed E-state index contributed by atoms with van der Waals surface area (Å²) in [6, 6.07) is 9.75. The Morgan fingerprint density at radius 1 is 0.970 bits per heavy atom. The van der Waals surface area contributed by atoms with E-state index in [0.717, 1.165) is 25.7 Å². The lowest BCUT2D eigenvalue weighted by Gasteiger charge is -2.19. The minimum atomic E-state index is -3.96. The highest BCUT2D eigenvalue weighted by atomic mass is 32.2. The zero-order valence-electron chi connectivity index (χ0n) is 19.0. The van der Waals surface area contributed by atoms with Crippen molar-refractivity contribution in [3.63, 3.8) is 0 Å². The van der Waals surface area contributed by atoms with Crippen molar-refractivity contribution in [1.82, 2.24) is 4.90 Å². The SMILES string of the molecule is COc1ccc(NS(=O)(=O)c2cc(CN3C(=O)C4CCCCC4C3=O)ccc2C)c(OC)c1. The van der Waals surface area contributed by atoms with Crippen LogP contribution in [0.4, 0.5) is 5.69 Å². The largest absolute Gasteiger partial charge is 0.497 e. The average molecular weight is 473 g/mol. The quantitative estimate of drug-likeness (QED) is 0.619. The number of fused-ring (bicyclic) bond motifs is 1. The molecule has 8 nitrogen and oxygen atoms in total. The van der Waals surface area contributed by atoms with Gasteiger partial charge in [0.1, 0.15) is 11.5 Å². The topological polar surface area (TPSA) is 102 Å². The lowest BCUT2D eigenvalue weighted by atomic mass is 9.81. The molecule has 1 N–H and O–H groups in total. The standard InChI is InChI=1S/C24H28N2O6S/c1-15-8-9-16(14-26-23(27)18-6-4-5-7-19(18)24(26)28)12-22(15)33(29,30)25-20-11-10-17(31-2)13-21(20)32-3/h8-13,18-19,25H,4-7,14H2,1-3H3. The number of hydrogen-bond donors (Lipinski definition) is 1. The van der Waals surface area contributed by atoms with Crippen molar-refractivity contribution in [3.05, 3.63) is 47.5 Å². The molecule has 0 aromatic heterocycles. The lowest BCUT2D eigenvalue weighted by molar-refractivity contribution is -0.140. The molecule has 1 aliphatic heterocycles. The minimum Gasteiger partial charge on any atom is -0.497 e. The van der Waals surface area contributed by atoms with Gasteiger partial charge in [-0.25, -0.2) is 8.42 Å². The van der Waals surface area contributed by atoms with Crippen LogP contribution in [0.25, 0.3) is 0 Å². The summed E-state index contributed by atoms with van der Waals surface area (Å²) in [6.07, 6.45) is 3.41. The monoisotopic (exact) mass is 472 g/mol. The second kappa shape index (κ2) is 9.05. The van der Waals surface area contributed by atoms with Crippen molar-refractivity contribution in [3.8, 4) is 11.5 Å². The lowest BCUT2D eigenvalue weighted by Crippen LogP contribution is -2.30. The fourth-order valence-electron chi connectivity index (χ4n) is 4.68. The van der Waals surface area contributed by atoms with Gasteiger partial charge in [-0.1, -0.05) is 25.0 Å². The van der Waals surface area contributed by atoms with Gasteiger partial charge in [0.15, 0.2) is 0 Å². The first kappa shape index (κ1) is 23.1. The molecule has 1 saturated carbocycles. The molecule has 33 heavy (non-hydrogen) atoms. The van der Waals surface area contributed by atoms with Gasteiger partial charge in [0.2, 0.25) is 11.8 Å². The van der Waals surface area contributed by atoms with Crippen LogP contribution in [0.3, 0.4) is 0 Å². The van der Waals surface area contributed by atoms with E-state index in [9.17, 15) is 18.0 Å². The summed E-state index contributed by atoms with van der Waals surface area (Å²) in [5.41, 5.74) is 1.41. The van der Waals surface area contributed by atoms with E-state index < -0.39 is 10.0 Å². The summed E-state index contributed by atoms with van der Waals surface area (Å²) in [6.45, 7) is 1.77. The van der Waals surface area contributed by atoms with Crippen LogP contribution in [0.15, 0.2) is 41.3 Å². The average Bonchev–Trinajstić information content (AvgIpc) is 3.05. The number of amides is 2. The van der Waals surface area contributed by atoms with Crippen molar-refractivity contribution in [1.29, 1.82) is 0 Å². The van der Waals surface area contributed by atoms with Crippen molar-refractivity contribution in [2.45, 2.75) is 44.0 Å². The van der Waals surface area contributed by atoms with E-state index >= 15 is 0 Å². The number of carbonyl (C=O) groups excluding carboxylic acids is 2. The molecule has 2 aromatic rings. The first-order valence-corrected chi connectivity index (χ1v) is 12.4. The molecule has 1 heterocycles. The van der Waals surface area contributed by atoms with Crippen LogP contribution < -0.4 is 14.2 Å². The first-order chi connectivity index (χ1) is 15.7. The highest BCUT2D eigenvalue weighted by Gasteiger charge is 2.47. The number of nitrogens with zero attached hydrogens (tertiary/aromatic N) is 1. The van der Waals surface area contributed by atoms with E-state index in [4.69, 9.17) is 9.47 Å². The summed E-state index contributed by atoms with van der Waals surface area (Å²) in [5.74, 6) is 0.107. The maximum absolute atomic E-state index is 13.2. The Morgan fingerprint density at radius 2 is 1.64 bits per heavy atom. The van der Waals surface area contributed by atoms with E-state index in [1.54, 1.807) is 37.3 Å². The summed E-state index contributed by atoms with van der Waals surface area (Å²) in [7, 11) is -1.00. The molecule has 2 unspecified atom stereocenters. The number of hydrogen-bond acceptors (Lipinski definition) is 6. The molecule has 0 radical (unpaired) electrons. The van der Waals surface area contributed by atoms with E-state index in [-0.39, 0.29) is 40.8 Å². The Kier molecular flexibility index (Phi) is 6.34. The number of benzene rings is 2. The first-order valence-electron chi connectivity index (χ1n) is 10.9. The van der Waals surface area contributed by atoms with E-state index in [2.05, 4.69) is 4.72 Å². The fourth-order valence-corrected chi connectivity index (χ4v) is 6.05. The van der Waals surface area contributed by atoms with Crippen LogP contribution in [0.1, 0.15) is 36.8 Å². The number of ether oxygens (including phenoxy) is 2. The normalized spacial score (nSPS) is 20.5. The van der Waals surface area contributed by atoms with Gasteiger partial charge in [0.25, 0.3) is 10.0 Å². The van der Waals surface area contributed by atoms with Crippen LogP contribution >= 0.6 is 0 Å². The summed E-state index contributed by atoms with van der Waals surface area (Å²) in [5, 5.41) is 0. The highest BCUT2D eigenvalue weighted by Crippen LogP contribution is 2.39. The second-order valence-electron chi connectivity index (χ2n) is 8.53. The van der Waals surface area contributed by atoms with Crippen LogP contribution in [-0.2, 0) is 26.2 Å². The predicted octanol–water partition coefficient (Wildman–Crippen LogP) is 3.49. The Morgan fingerprint density at radius 3 is 2.24 bits per heavy atom. The third kappa shape index (κ3) is 4.42. The minimum absolute atomic E-state index is 0.0688. The van der Waals surface area contributed by atoms with E-state index in [1.807, 2.05) is 0 Å². The zero-order chi connectivity index (χ0) is 23.8. The summed E-state index contributed by atoms with van der Waals surface area (Å²) >= 11 is 0. The maximum atomic E-state index is 13.2. The number of carbonyl (C=O) groups is 2. The molecular formula is C24H28N2O6S. The van der Waals surface area contributed by atoms with Crippen molar-refractivity contribution in [2.24, 2.45) is 11.8 Å². The molecule has 4 rings (SSSR count). The van der Waals surface area contributed by atoms with Gasteiger partial charge in [-0.05, 0) is 49.1 Å². The molecule has 0 spiro atoms. The van der Waals surface area contributed by atoms with Gasteiger partial charge in [-0.15, -0.1) is 0 Å². The van der Waals surface area contributed by atoms with E-state index in [1.165, 1.54) is 25.2 Å². The Labute approximate surface area is 193 Å². The Hall–Kier alpha value is -3.07. The fraction of sp³-hybridized carbons (Fsp3) is 0.417. The van der Waals surface area contributed by atoms with Crippen molar-refractivity contribution < 1.29 is 27.5 Å². The van der Waals surface area contributed by atoms with Gasteiger partial charge in [0.05, 0.1) is 43.2 Å². The number of nitrogens with one attached hydrogen (secondary N) is 1. The van der Waals surface area contributed by atoms with Crippen molar-refractivity contribution in [2.75, 3.05) is 18.9 Å². The highest BCUT2D eigenvalue weighted by molar-refractivity contribution is 7.92. The molecule has 2 fully saturated rings. The molecule has 1 aliphatic carbocycles. The number of methoxy groups -OCH3 is 2. The molecule has 9 heteroatoms. The molecular weight excluding hydrogens is 444 g/mol. The van der Waals surface area contributed by atoms with Gasteiger partial charge >= 0.3 is 0 Å². The van der Waals surface area contributed by atoms with Gasteiger partial charge in [-0.3, -0.25) is 19.2 Å². The molecule has 0 bridgehead atoms. The maximum Gasteiger partial charge on any atom is 0.262 e. The molecule has 2 amide bonds. The molecule has 2 aromatic carbocycles. The number of anilines is 1. The number of rotatable bonds is 7. The number of aryl methyl sites for hydroxylation is 1. The molecule has 176 valence electrons. The van der Waals surface area contributed by atoms with Crippen LogP contribution in [0.2, 0.25) is 0 Å². The molecule has 2 atom stereocenters. The Bertz CT molecular complexity index is 1170. The molecule has 1 saturated heterocycles. The van der Waals surface area contributed by atoms with Gasteiger partial charge in [-0.2, -0.15) is 0 Å². The zero-order valence-corrected chi connectivity index (χ0v) is 19.8. The second-order valence-corrected chi connectivity index (χ2v) is 10.2. The summed E-state index contributed by atoms with van der Waals surface area (Å²) < 4.78 is 39.5. The van der Waals surface area contributed by atoms with Crippen molar-refractivity contribution >= 4 is 27.5 Å². The third-order valence-corrected chi connectivity index (χ3v) is 7.98. The Balaban J connectivity index is 1.59. The van der Waals surface area contributed by atoms with Crippen LogP contribution in [0.5, 0.6) is 11.5 Å².